The molecule has 4 atom stereocenters. The van der Waals surface area contributed by atoms with Gasteiger partial charge in [0.1, 0.15) is 23.8 Å². The van der Waals surface area contributed by atoms with Crippen LogP contribution in [0.5, 0.6) is 0 Å². The number of carboxylic acids is 1. The van der Waals surface area contributed by atoms with Crippen LogP contribution < -0.4 is 16.0 Å². The van der Waals surface area contributed by atoms with Crippen molar-refractivity contribution in [3.63, 3.8) is 0 Å². The molecule has 0 spiro atoms. The average molecular weight is 772 g/mol. The summed E-state index contributed by atoms with van der Waals surface area (Å²) in [6, 6.07) is 7.07. The van der Waals surface area contributed by atoms with E-state index in [9.17, 15) is 34.3 Å². The molecule has 2 heterocycles. The van der Waals surface area contributed by atoms with E-state index in [1.165, 1.54) is 9.96 Å². The van der Waals surface area contributed by atoms with Crippen molar-refractivity contribution in [2.75, 3.05) is 13.1 Å². The number of alkyl carbamates (subject to hydrolysis) is 2. The molecule has 55 heavy (non-hydrogen) atoms. The Morgan fingerprint density at radius 1 is 0.964 bits per heavy atom. The lowest BCUT2D eigenvalue weighted by Gasteiger charge is -2.50. The number of rotatable bonds is 16. The number of nitrogens with zero attached hydrogens (tertiary/aromatic N) is 2. The lowest BCUT2D eigenvalue weighted by Crippen LogP contribution is -2.60. The summed E-state index contributed by atoms with van der Waals surface area (Å²) in [4.78, 5) is 66.8. The van der Waals surface area contributed by atoms with Crippen LogP contribution in [0, 0.1) is 11.8 Å². The maximum absolute atomic E-state index is 14.2. The standard InChI is InChI=1S/C41H65N5O9/c1-27(2)23-30(43-38(52)55-39(3,4)5)20-19-29(24-28-15-11-10-12-16-28)35(48)45-22-14-18-33(45)34(47)44-32(36(49)50)17-13-21-42-37(51)54-31-25-40(6,7)46(53)41(8,9)26-31/h10-12,15-16,19-20,27,29-33,53H,13-14,17-18,21-26H2,1-9H3,(H,42,51)(H,43,52)(H,44,47)(H,49,50)/b20-19+/t29?,30?,32?,33-/m0/s1. The summed E-state index contributed by atoms with van der Waals surface area (Å²) in [6.07, 6.45) is 5.17. The van der Waals surface area contributed by atoms with Crippen molar-refractivity contribution in [3.8, 4) is 0 Å². The molecule has 2 saturated heterocycles. The van der Waals surface area contributed by atoms with Gasteiger partial charge in [0, 0.05) is 37.0 Å². The zero-order valence-corrected chi connectivity index (χ0v) is 34.2. The number of carbonyl (C=O) groups excluding carboxylic acids is 4. The lowest BCUT2D eigenvalue weighted by atomic mass is 9.80. The lowest BCUT2D eigenvalue weighted by molar-refractivity contribution is -0.256. The fourth-order valence-corrected chi connectivity index (χ4v) is 7.52. The van der Waals surface area contributed by atoms with E-state index in [4.69, 9.17) is 9.47 Å². The van der Waals surface area contributed by atoms with Crippen LogP contribution in [0.2, 0.25) is 0 Å². The molecule has 2 aliphatic rings. The maximum Gasteiger partial charge on any atom is 0.408 e. The van der Waals surface area contributed by atoms with Gasteiger partial charge in [0.25, 0.3) is 0 Å². The highest BCUT2D eigenvalue weighted by Crippen LogP contribution is 2.38. The molecule has 0 bridgehead atoms. The number of carbonyl (C=O) groups is 5. The Hall–Kier alpha value is -4.17. The van der Waals surface area contributed by atoms with Gasteiger partial charge in [-0.3, -0.25) is 9.59 Å². The number of hydrogen-bond acceptors (Lipinski definition) is 9. The van der Waals surface area contributed by atoms with Gasteiger partial charge in [-0.05, 0) is 98.5 Å². The first-order chi connectivity index (χ1) is 25.6. The molecule has 5 N–H and O–H groups in total. The van der Waals surface area contributed by atoms with E-state index < -0.39 is 70.9 Å². The Bertz CT molecular complexity index is 1470. The van der Waals surface area contributed by atoms with Crippen LogP contribution in [-0.2, 0) is 30.3 Å². The molecule has 2 aliphatic heterocycles. The highest BCUT2D eigenvalue weighted by molar-refractivity contribution is 5.92. The van der Waals surface area contributed by atoms with E-state index in [0.717, 1.165) is 5.56 Å². The number of likely N-dealkylation sites (tertiary alicyclic amines) is 1. The van der Waals surface area contributed by atoms with E-state index in [-0.39, 0.29) is 31.2 Å². The molecule has 1 aromatic rings. The maximum atomic E-state index is 14.2. The molecule has 0 aromatic heterocycles. The van der Waals surface area contributed by atoms with Gasteiger partial charge in [0.05, 0.1) is 12.0 Å². The van der Waals surface area contributed by atoms with Crippen LogP contribution in [0.15, 0.2) is 42.5 Å². The number of amides is 4. The Labute approximate surface area is 326 Å². The van der Waals surface area contributed by atoms with Gasteiger partial charge in [-0.15, -0.1) is 0 Å². The largest absolute Gasteiger partial charge is 0.480 e. The van der Waals surface area contributed by atoms with E-state index in [0.29, 0.717) is 45.1 Å². The van der Waals surface area contributed by atoms with Crippen molar-refractivity contribution >= 4 is 30.0 Å². The molecule has 1 aromatic carbocycles. The molecule has 0 radical (unpaired) electrons. The summed E-state index contributed by atoms with van der Waals surface area (Å²) in [5, 5.41) is 30.0. The summed E-state index contributed by atoms with van der Waals surface area (Å²) in [7, 11) is 0. The second-order valence-corrected chi connectivity index (χ2v) is 17.6. The third-order valence-electron chi connectivity index (χ3n) is 9.89. The Morgan fingerprint density at radius 3 is 2.18 bits per heavy atom. The number of hydroxylamine groups is 2. The molecular weight excluding hydrogens is 706 g/mol. The van der Waals surface area contributed by atoms with Crippen molar-refractivity contribution < 1.29 is 43.8 Å². The fourth-order valence-electron chi connectivity index (χ4n) is 7.52. The fraction of sp³-hybridized carbons (Fsp3) is 0.683. The summed E-state index contributed by atoms with van der Waals surface area (Å²) >= 11 is 0. The first kappa shape index (κ1) is 45.2. The van der Waals surface area contributed by atoms with Crippen molar-refractivity contribution in [1.82, 2.24) is 25.9 Å². The van der Waals surface area contributed by atoms with E-state index >= 15 is 0 Å². The van der Waals surface area contributed by atoms with Gasteiger partial charge in [-0.2, -0.15) is 5.06 Å². The summed E-state index contributed by atoms with van der Waals surface area (Å²) in [5.41, 5.74) is -0.920. The normalized spacial score (nSPS) is 20.4. The van der Waals surface area contributed by atoms with Gasteiger partial charge in [-0.1, -0.05) is 56.3 Å². The van der Waals surface area contributed by atoms with Gasteiger partial charge in [0.15, 0.2) is 0 Å². The van der Waals surface area contributed by atoms with Crippen LogP contribution in [0.25, 0.3) is 0 Å². The molecule has 14 heteroatoms. The second kappa shape index (κ2) is 19.6. The first-order valence-corrected chi connectivity index (χ1v) is 19.6. The molecular formula is C41H65N5O9. The van der Waals surface area contributed by atoms with E-state index in [1.807, 2.05) is 78.0 Å². The van der Waals surface area contributed by atoms with Crippen LogP contribution in [0.4, 0.5) is 9.59 Å². The number of benzene rings is 1. The number of aliphatic carboxylic acids is 1. The van der Waals surface area contributed by atoms with Crippen molar-refractivity contribution in [2.45, 2.75) is 155 Å². The molecule has 0 aliphatic carbocycles. The quantitative estimate of drug-likeness (QED) is 0.101. The van der Waals surface area contributed by atoms with Gasteiger partial charge < -0.3 is 40.6 Å². The van der Waals surface area contributed by atoms with Crippen LogP contribution in [0.3, 0.4) is 0 Å². The van der Waals surface area contributed by atoms with Crippen LogP contribution in [-0.4, -0.2) is 104 Å². The monoisotopic (exact) mass is 771 g/mol. The Morgan fingerprint density at radius 2 is 1.60 bits per heavy atom. The topological polar surface area (TPSA) is 187 Å². The molecule has 0 saturated carbocycles. The summed E-state index contributed by atoms with van der Waals surface area (Å²) in [6.45, 7) is 17.4. The minimum atomic E-state index is -1.23. The predicted molar refractivity (Wildman–Crippen MR) is 208 cm³/mol. The van der Waals surface area contributed by atoms with Gasteiger partial charge in [0.2, 0.25) is 11.8 Å². The van der Waals surface area contributed by atoms with E-state index in [1.54, 1.807) is 26.8 Å². The Balaban J connectivity index is 1.64. The van der Waals surface area contributed by atoms with Crippen LogP contribution >= 0.6 is 0 Å². The number of nitrogens with one attached hydrogen (secondary N) is 3. The predicted octanol–water partition coefficient (Wildman–Crippen LogP) is 5.82. The Kier molecular flexibility index (Phi) is 16.1. The van der Waals surface area contributed by atoms with Crippen molar-refractivity contribution in [2.24, 2.45) is 11.8 Å². The van der Waals surface area contributed by atoms with E-state index in [2.05, 4.69) is 16.0 Å². The number of piperidine rings is 1. The van der Waals surface area contributed by atoms with Crippen molar-refractivity contribution in [1.29, 1.82) is 0 Å². The molecule has 3 unspecified atom stereocenters. The minimum absolute atomic E-state index is 0.0479. The van der Waals surface area contributed by atoms with Crippen molar-refractivity contribution in [3.05, 3.63) is 48.0 Å². The highest BCUT2D eigenvalue weighted by atomic mass is 16.6. The number of carboxylic acid groups (broad SMARTS) is 1. The second-order valence-electron chi connectivity index (χ2n) is 17.6. The highest BCUT2D eigenvalue weighted by Gasteiger charge is 2.46. The number of ether oxygens (including phenoxy) is 2. The zero-order valence-electron chi connectivity index (χ0n) is 34.2. The molecule has 14 nitrogen and oxygen atoms in total. The molecule has 4 amide bonds. The average Bonchev–Trinajstić information content (AvgIpc) is 3.56. The van der Waals surface area contributed by atoms with Crippen LogP contribution in [0.1, 0.15) is 113 Å². The third kappa shape index (κ3) is 14.4. The first-order valence-electron chi connectivity index (χ1n) is 19.6. The minimum Gasteiger partial charge on any atom is -0.480 e. The summed E-state index contributed by atoms with van der Waals surface area (Å²) < 4.78 is 11.1. The number of hydrogen-bond donors (Lipinski definition) is 5. The SMILES string of the molecule is CC(C)CC(/C=C/C(Cc1ccccc1)C(=O)N1CCC[C@H]1C(=O)NC(CCCNC(=O)OC1CC(C)(C)N(O)C(C)(C)C1)C(=O)O)NC(=O)OC(C)(C)C. The smallest absolute Gasteiger partial charge is 0.408 e. The molecule has 2 fully saturated rings. The summed E-state index contributed by atoms with van der Waals surface area (Å²) in [5.74, 6) is -2.43. The third-order valence-corrected chi connectivity index (χ3v) is 9.89. The molecule has 308 valence electrons. The van der Waals surface area contributed by atoms with Gasteiger partial charge in [-0.25, -0.2) is 14.4 Å². The zero-order chi connectivity index (χ0) is 41.1. The molecule has 3 rings (SSSR count). The van der Waals surface area contributed by atoms with Gasteiger partial charge >= 0.3 is 18.2 Å².